The number of hydrogen-bond acceptors (Lipinski definition) is 7. The first-order chi connectivity index (χ1) is 23.5. The van der Waals surface area contributed by atoms with E-state index in [1.165, 1.54) is 37.8 Å². The molecule has 0 spiro atoms. The number of sulfonamides is 1. The van der Waals surface area contributed by atoms with Crippen molar-refractivity contribution in [3.63, 3.8) is 0 Å². The van der Waals surface area contributed by atoms with Crippen molar-refractivity contribution in [2.24, 2.45) is 5.92 Å². The van der Waals surface area contributed by atoms with Gasteiger partial charge in [-0.25, -0.2) is 27.1 Å². The average molecular weight is 721 g/mol. The molecule has 2 aliphatic heterocycles. The summed E-state index contributed by atoms with van der Waals surface area (Å²) in [5, 5.41) is -0.282. The molecule has 1 aromatic carbocycles. The molecule has 1 aromatic heterocycles. The van der Waals surface area contributed by atoms with Gasteiger partial charge in [-0.15, -0.1) is 0 Å². The Hall–Kier alpha value is -2.47. The number of hydrogen-bond donors (Lipinski definition) is 0. The second-order valence-corrected chi connectivity index (χ2v) is 16.9. The molecular weight excluding hydrogens is 652 g/mol. The van der Waals surface area contributed by atoms with Crippen LogP contribution in [0.2, 0.25) is 0 Å². The zero-order valence-corrected chi connectivity index (χ0v) is 33.8. The van der Waals surface area contributed by atoms with Crippen LogP contribution in [0.4, 0.5) is 4.39 Å². The Bertz CT molecular complexity index is 1300. The van der Waals surface area contributed by atoms with E-state index >= 15 is 0 Å². The van der Waals surface area contributed by atoms with E-state index in [1.807, 2.05) is 24.8 Å². The average Bonchev–Trinajstić information content (AvgIpc) is 3.43. The van der Waals surface area contributed by atoms with E-state index in [0.29, 0.717) is 0 Å². The lowest BCUT2D eigenvalue weighted by atomic mass is 9.90. The van der Waals surface area contributed by atoms with Crippen LogP contribution in [0.25, 0.3) is 0 Å². The number of aryl methyl sites for hydroxylation is 2. The molecule has 3 heterocycles. The molecule has 2 saturated heterocycles. The predicted octanol–water partition coefficient (Wildman–Crippen LogP) is 7.21. The summed E-state index contributed by atoms with van der Waals surface area (Å²) in [6, 6.07) is 9.88. The molecular formula is C39H69FN6O3S. The van der Waals surface area contributed by atoms with Crippen molar-refractivity contribution in [2.75, 3.05) is 59.9 Å². The molecule has 0 radical (unpaired) electrons. The summed E-state index contributed by atoms with van der Waals surface area (Å²) in [5.41, 5.74) is 2.30. The van der Waals surface area contributed by atoms with Crippen LogP contribution in [0.5, 0.6) is 0 Å². The maximum Gasteiger partial charge on any atom is 0.219 e. The smallest absolute Gasteiger partial charge is 0.219 e. The minimum absolute atomic E-state index is 0.178. The lowest BCUT2D eigenvalue weighted by molar-refractivity contribution is -0.128. The maximum atomic E-state index is 12.0. The quantitative estimate of drug-likeness (QED) is 0.271. The van der Waals surface area contributed by atoms with Gasteiger partial charge in [0.15, 0.2) is 0 Å². The van der Waals surface area contributed by atoms with Crippen molar-refractivity contribution < 1.29 is 17.6 Å². The van der Waals surface area contributed by atoms with Crippen LogP contribution in [-0.4, -0.2) is 114 Å². The number of aromatic nitrogens is 2. The van der Waals surface area contributed by atoms with Gasteiger partial charge in [-0.3, -0.25) is 9.69 Å². The van der Waals surface area contributed by atoms with Crippen LogP contribution in [0.15, 0.2) is 42.7 Å². The summed E-state index contributed by atoms with van der Waals surface area (Å²) in [6.45, 7) is 22.6. The van der Waals surface area contributed by atoms with E-state index in [2.05, 4.69) is 54.6 Å². The summed E-state index contributed by atoms with van der Waals surface area (Å²) < 4.78 is 37.5. The summed E-state index contributed by atoms with van der Waals surface area (Å²) in [6.07, 6.45) is 10.6. The van der Waals surface area contributed by atoms with Crippen LogP contribution in [0.1, 0.15) is 104 Å². The SMILES string of the molecule is CCC1CCCN(S(=O)(=O)C(C)C)CC1.CCCN(CCN(C)C)C1(C)CCCN(C(C)=O)CC1.Cc1cc(C)ncn1.Fc1ccccc1. The van der Waals surface area contributed by atoms with Gasteiger partial charge in [0, 0.05) is 63.1 Å². The second kappa shape index (κ2) is 23.9. The highest BCUT2D eigenvalue weighted by Gasteiger charge is 2.34. The highest BCUT2D eigenvalue weighted by atomic mass is 32.2. The molecule has 2 aromatic rings. The number of rotatable bonds is 9. The Balaban J connectivity index is 0.000000362. The molecule has 2 aliphatic rings. The van der Waals surface area contributed by atoms with Crippen molar-refractivity contribution >= 4 is 15.9 Å². The first-order valence-electron chi connectivity index (χ1n) is 18.7. The Kier molecular flexibility index (Phi) is 21.8. The Morgan fingerprint density at radius 3 is 2.04 bits per heavy atom. The van der Waals surface area contributed by atoms with E-state index in [4.69, 9.17) is 0 Å². The fourth-order valence-electron chi connectivity index (χ4n) is 6.24. The van der Waals surface area contributed by atoms with Crippen LogP contribution in [0, 0.1) is 25.6 Å². The van der Waals surface area contributed by atoms with E-state index < -0.39 is 10.0 Å². The number of carbonyl (C=O) groups is 1. The Labute approximate surface area is 305 Å². The molecule has 0 aliphatic carbocycles. The topological polar surface area (TPSA) is 90.0 Å². The van der Waals surface area contributed by atoms with Gasteiger partial charge in [-0.2, -0.15) is 0 Å². The standard InChI is InChI=1S/C16H33N3O.C11H23NO2S.C6H5F.C6H8N2/c1-6-10-19(14-13-17(4)5)16(3)8-7-11-18(12-9-16)15(2)20;1-4-11-6-5-8-12(9-7-11)15(13,14)10(2)3;7-6-4-2-1-3-5-6;1-5-3-6(2)8-4-7-5/h6-14H2,1-5H3;10-11H,4-9H2,1-3H3;1-5H;3-4H,1-2H3. The number of likely N-dealkylation sites (N-methyl/N-ethyl adjacent to an activating group) is 1. The van der Waals surface area contributed by atoms with Gasteiger partial charge >= 0.3 is 0 Å². The molecule has 1 amide bonds. The van der Waals surface area contributed by atoms with Crippen LogP contribution >= 0.6 is 0 Å². The molecule has 0 bridgehead atoms. The zero-order valence-electron chi connectivity index (χ0n) is 33.0. The first-order valence-corrected chi connectivity index (χ1v) is 20.2. The van der Waals surface area contributed by atoms with E-state index in [9.17, 15) is 17.6 Å². The largest absolute Gasteiger partial charge is 0.343 e. The highest BCUT2D eigenvalue weighted by molar-refractivity contribution is 7.89. The van der Waals surface area contributed by atoms with Crippen molar-refractivity contribution in [2.45, 2.75) is 118 Å². The molecule has 9 nitrogen and oxygen atoms in total. The van der Waals surface area contributed by atoms with Crippen LogP contribution in [-0.2, 0) is 14.8 Å². The molecule has 0 saturated carbocycles. The fourth-order valence-corrected chi connectivity index (χ4v) is 7.58. The van der Waals surface area contributed by atoms with Gasteiger partial charge in [0.2, 0.25) is 15.9 Å². The number of benzene rings is 1. The third-order valence-electron chi connectivity index (χ3n) is 9.60. The summed E-state index contributed by atoms with van der Waals surface area (Å²) >= 11 is 0. The van der Waals surface area contributed by atoms with Gasteiger partial charge in [-0.05, 0) is 124 Å². The number of carbonyl (C=O) groups excluding carboxylic acids is 1. The zero-order chi connectivity index (χ0) is 37.7. The molecule has 2 unspecified atom stereocenters. The van der Waals surface area contributed by atoms with Crippen LogP contribution in [0.3, 0.4) is 0 Å². The molecule has 50 heavy (non-hydrogen) atoms. The van der Waals surface area contributed by atoms with E-state index in [0.717, 1.165) is 88.8 Å². The third kappa shape index (κ3) is 17.6. The Morgan fingerprint density at radius 1 is 0.940 bits per heavy atom. The monoisotopic (exact) mass is 721 g/mol. The first kappa shape index (κ1) is 45.6. The van der Waals surface area contributed by atoms with Crippen molar-refractivity contribution in [3.05, 3.63) is 59.9 Å². The molecule has 4 rings (SSSR count). The summed E-state index contributed by atoms with van der Waals surface area (Å²) in [7, 11) is 1.25. The highest BCUT2D eigenvalue weighted by Crippen LogP contribution is 2.29. The number of nitrogens with zero attached hydrogens (tertiary/aromatic N) is 6. The number of halogens is 1. The van der Waals surface area contributed by atoms with Gasteiger partial charge in [0.05, 0.1) is 5.25 Å². The van der Waals surface area contributed by atoms with Crippen molar-refractivity contribution in [1.82, 2.24) is 29.0 Å². The van der Waals surface area contributed by atoms with Gasteiger partial charge < -0.3 is 9.80 Å². The normalized spacial score (nSPS) is 20.0. The van der Waals surface area contributed by atoms with Crippen LogP contribution < -0.4 is 0 Å². The maximum absolute atomic E-state index is 12.0. The van der Waals surface area contributed by atoms with Crippen molar-refractivity contribution in [1.29, 1.82) is 0 Å². The number of amides is 1. The van der Waals surface area contributed by atoms with Gasteiger partial charge in [0.1, 0.15) is 12.1 Å². The van der Waals surface area contributed by atoms with Gasteiger partial charge in [0.25, 0.3) is 0 Å². The second-order valence-electron chi connectivity index (χ2n) is 14.4. The minimum Gasteiger partial charge on any atom is -0.343 e. The Morgan fingerprint density at radius 2 is 1.58 bits per heavy atom. The fraction of sp³-hybridized carbons (Fsp3) is 0.718. The van der Waals surface area contributed by atoms with Gasteiger partial charge in [-0.1, -0.05) is 38.5 Å². The van der Waals surface area contributed by atoms with E-state index in [1.54, 1.807) is 49.6 Å². The predicted molar refractivity (Wildman–Crippen MR) is 206 cm³/mol. The minimum atomic E-state index is -3.02. The lowest BCUT2D eigenvalue weighted by Crippen LogP contribution is -2.49. The lowest BCUT2D eigenvalue weighted by Gasteiger charge is -2.41. The van der Waals surface area contributed by atoms with Crippen molar-refractivity contribution in [3.8, 4) is 0 Å². The molecule has 2 fully saturated rings. The molecule has 0 N–H and O–H groups in total. The number of likely N-dealkylation sites (tertiary alicyclic amines) is 1. The summed E-state index contributed by atoms with van der Waals surface area (Å²) in [4.78, 5) is 26.4. The molecule has 11 heteroatoms. The molecule has 286 valence electrons. The molecule has 2 atom stereocenters. The van der Waals surface area contributed by atoms with E-state index in [-0.39, 0.29) is 22.5 Å². The third-order valence-corrected chi connectivity index (χ3v) is 11.9. The summed E-state index contributed by atoms with van der Waals surface area (Å²) in [5.74, 6) is 0.768.